The van der Waals surface area contributed by atoms with E-state index in [2.05, 4.69) is 5.32 Å². The van der Waals surface area contributed by atoms with Gasteiger partial charge in [-0.25, -0.2) is 4.79 Å². The molecule has 226 valence electrons. The topological polar surface area (TPSA) is 87.0 Å². The highest BCUT2D eigenvalue weighted by Gasteiger charge is 2.34. The summed E-state index contributed by atoms with van der Waals surface area (Å²) < 4.78 is 8.53. The molecule has 0 spiro atoms. The lowest BCUT2D eigenvalue weighted by molar-refractivity contribution is -0.0179. The first kappa shape index (κ1) is 30.9. The monoisotopic (exact) mass is 622 g/mol. The Hall–Kier alpha value is -3.56. The normalized spacial score (nSPS) is 18.0. The fourth-order valence-electron chi connectivity index (χ4n) is 5.69. The van der Waals surface area contributed by atoms with Crippen molar-refractivity contribution in [2.24, 2.45) is 13.0 Å². The molecule has 1 aromatic heterocycles. The number of rotatable bonds is 5. The van der Waals surface area contributed by atoms with Gasteiger partial charge in [0.05, 0.1) is 41.1 Å². The molecule has 1 aliphatic rings. The number of nitrogens with one attached hydrogen (secondary N) is 1. The molecule has 3 aromatic carbocycles. The Labute approximate surface area is 261 Å². The highest BCUT2D eigenvalue weighted by molar-refractivity contribution is 6.44. The van der Waals surface area contributed by atoms with Gasteiger partial charge < -0.3 is 29.5 Å². The number of aromatic nitrogens is 1. The van der Waals surface area contributed by atoms with Gasteiger partial charge in [0.15, 0.2) is 0 Å². The predicted octanol–water partition coefficient (Wildman–Crippen LogP) is 6.67. The quantitative estimate of drug-likeness (QED) is 0.260. The summed E-state index contributed by atoms with van der Waals surface area (Å²) in [7, 11) is 3.59. The maximum Gasteiger partial charge on any atom is 0.321 e. The molecule has 3 atom stereocenters. The molecule has 2 heterocycles. The number of aliphatic hydroxyl groups excluding tert-OH is 1. The number of carbonyl (C=O) groups is 2. The SMILES string of the molecule is C[C@@H]1CN([C@H](C)CO)C(=O)c2c(c3ccccc3n2C)-c2ccccc2CO[C@@H]1CN(C)C(=O)Nc1cccc(Cl)c1Cl. The van der Waals surface area contributed by atoms with Crippen molar-refractivity contribution in [2.45, 2.75) is 32.6 Å². The van der Waals surface area contributed by atoms with Crippen LogP contribution in [0.25, 0.3) is 22.0 Å². The van der Waals surface area contributed by atoms with E-state index in [9.17, 15) is 14.7 Å². The van der Waals surface area contributed by atoms with Gasteiger partial charge in [0.1, 0.15) is 5.69 Å². The van der Waals surface area contributed by atoms with Gasteiger partial charge in [-0.3, -0.25) is 4.79 Å². The maximum absolute atomic E-state index is 14.5. The van der Waals surface area contributed by atoms with Crippen LogP contribution in [0.2, 0.25) is 10.0 Å². The van der Waals surface area contributed by atoms with Crippen molar-refractivity contribution in [3.05, 3.63) is 88.0 Å². The van der Waals surface area contributed by atoms with Gasteiger partial charge >= 0.3 is 6.03 Å². The number of aliphatic hydroxyl groups is 1. The van der Waals surface area contributed by atoms with E-state index in [1.807, 2.05) is 74.0 Å². The number of likely N-dealkylation sites (N-methyl/N-ethyl adjacent to an activating group) is 1. The highest BCUT2D eigenvalue weighted by atomic mass is 35.5. The summed E-state index contributed by atoms with van der Waals surface area (Å²) in [6.45, 7) is 4.50. The van der Waals surface area contributed by atoms with Crippen molar-refractivity contribution in [2.75, 3.05) is 32.1 Å². The molecule has 0 aliphatic carbocycles. The van der Waals surface area contributed by atoms with Crippen LogP contribution in [0.1, 0.15) is 29.9 Å². The van der Waals surface area contributed by atoms with E-state index in [0.717, 1.165) is 27.6 Å². The summed E-state index contributed by atoms with van der Waals surface area (Å²) in [5, 5.41) is 14.6. The van der Waals surface area contributed by atoms with Crippen LogP contribution in [0.3, 0.4) is 0 Å². The zero-order chi connectivity index (χ0) is 30.8. The van der Waals surface area contributed by atoms with Crippen LogP contribution in [-0.4, -0.2) is 70.3 Å². The lowest BCUT2D eigenvalue weighted by Gasteiger charge is -2.35. The summed E-state index contributed by atoms with van der Waals surface area (Å²) in [4.78, 5) is 30.9. The highest BCUT2D eigenvalue weighted by Crippen LogP contribution is 2.38. The number of halogens is 2. The van der Waals surface area contributed by atoms with Crippen LogP contribution in [0, 0.1) is 5.92 Å². The molecule has 0 unspecified atom stereocenters. The number of anilines is 1. The summed E-state index contributed by atoms with van der Waals surface area (Å²) in [5.74, 6) is -0.356. The van der Waals surface area contributed by atoms with Crippen molar-refractivity contribution in [3.63, 3.8) is 0 Å². The van der Waals surface area contributed by atoms with E-state index in [-0.39, 0.29) is 42.6 Å². The van der Waals surface area contributed by atoms with Gasteiger partial charge in [0, 0.05) is 49.6 Å². The van der Waals surface area contributed by atoms with Gasteiger partial charge in [0.25, 0.3) is 5.91 Å². The Morgan fingerprint density at radius 3 is 2.60 bits per heavy atom. The molecular weight excluding hydrogens is 587 g/mol. The Bertz CT molecular complexity index is 1660. The summed E-state index contributed by atoms with van der Waals surface area (Å²) >= 11 is 12.4. The van der Waals surface area contributed by atoms with E-state index in [1.54, 1.807) is 30.1 Å². The molecule has 10 heteroatoms. The van der Waals surface area contributed by atoms with Crippen LogP contribution >= 0.6 is 23.2 Å². The van der Waals surface area contributed by atoms with Gasteiger partial charge in [0.2, 0.25) is 0 Å². The van der Waals surface area contributed by atoms with Crippen molar-refractivity contribution >= 4 is 51.7 Å². The second-order valence-corrected chi connectivity index (χ2v) is 12.0. The zero-order valence-corrected chi connectivity index (χ0v) is 26.2. The number of amides is 3. The fraction of sp³-hybridized carbons (Fsp3) is 0.333. The fourth-order valence-corrected chi connectivity index (χ4v) is 6.04. The molecule has 0 fully saturated rings. The van der Waals surface area contributed by atoms with Gasteiger partial charge in [-0.1, -0.05) is 78.7 Å². The lowest BCUT2D eigenvalue weighted by Crippen LogP contribution is -2.48. The Kier molecular flexibility index (Phi) is 9.32. The molecule has 1 aliphatic heterocycles. The van der Waals surface area contributed by atoms with Crippen LogP contribution < -0.4 is 5.32 Å². The first-order valence-corrected chi connectivity index (χ1v) is 15.0. The number of ether oxygens (including phenoxy) is 1. The largest absolute Gasteiger partial charge is 0.394 e. The molecule has 0 bridgehead atoms. The molecule has 0 saturated heterocycles. The first-order chi connectivity index (χ1) is 20.6. The van der Waals surface area contributed by atoms with Crippen molar-refractivity contribution in [1.29, 1.82) is 0 Å². The predicted molar refractivity (Wildman–Crippen MR) is 172 cm³/mol. The number of fused-ring (bicyclic) bond motifs is 5. The molecule has 3 amide bonds. The summed E-state index contributed by atoms with van der Waals surface area (Å²) in [6, 6.07) is 20.2. The molecule has 8 nitrogen and oxygen atoms in total. The smallest absolute Gasteiger partial charge is 0.321 e. The molecule has 5 rings (SSSR count). The van der Waals surface area contributed by atoms with Gasteiger partial charge in [-0.15, -0.1) is 0 Å². The number of aryl methyl sites for hydroxylation is 1. The summed E-state index contributed by atoms with van der Waals surface area (Å²) in [6.07, 6.45) is -0.433. The number of carbonyl (C=O) groups excluding carboxylic acids is 2. The summed E-state index contributed by atoms with van der Waals surface area (Å²) in [5.41, 5.74) is 4.62. The molecule has 0 radical (unpaired) electrons. The number of nitrogens with zero attached hydrogens (tertiary/aromatic N) is 3. The maximum atomic E-state index is 14.5. The minimum Gasteiger partial charge on any atom is -0.394 e. The molecular formula is C33H36Cl2N4O4. The molecule has 0 saturated carbocycles. The number of para-hydroxylation sites is 1. The van der Waals surface area contributed by atoms with E-state index in [0.29, 0.717) is 22.9 Å². The Morgan fingerprint density at radius 2 is 1.84 bits per heavy atom. The van der Waals surface area contributed by atoms with Crippen molar-refractivity contribution < 1.29 is 19.4 Å². The molecule has 2 N–H and O–H groups in total. The van der Waals surface area contributed by atoms with E-state index < -0.39 is 12.1 Å². The molecule has 4 aromatic rings. The minimum absolute atomic E-state index is 0.167. The van der Waals surface area contributed by atoms with Crippen LogP contribution in [-0.2, 0) is 18.4 Å². The average Bonchev–Trinajstić information content (AvgIpc) is 3.30. The number of benzene rings is 3. The lowest BCUT2D eigenvalue weighted by atomic mass is 9.96. The average molecular weight is 624 g/mol. The second-order valence-electron chi connectivity index (χ2n) is 11.2. The molecule has 43 heavy (non-hydrogen) atoms. The van der Waals surface area contributed by atoms with E-state index in [1.165, 1.54) is 4.90 Å². The second kappa shape index (κ2) is 13.0. The third-order valence-electron chi connectivity index (χ3n) is 8.22. The number of hydrogen-bond donors (Lipinski definition) is 2. The number of urea groups is 1. The third kappa shape index (κ3) is 6.10. The number of hydrogen-bond acceptors (Lipinski definition) is 4. The van der Waals surface area contributed by atoms with Crippen LogP contribution in [0.4, 0.5) is 10.5 Å². The van der Waals surface area contributed by atoms with Crippen molar-refractivity contribution in [1.82, 2.24) is 14.4 Å². The third-order valence-corrected chi connectivity index (χ3v) is 9.04. The van der Waals surface area contributed by atoms with Gasteiger partial charge in [-0.05, 0) is 36.2 Å². The minimum atomic E-state index is -0.441. The standard InChI is InChI=1S/C33H36Cl2N4O4/c1-20-16-39(21(2)18-40)32(41)31-29(24-12-7-8-15-27(24)38(31)4)23-11-6-5-10-22(23)19-43-28(20)17-37(3)33(42)36-26-14-9-13-25(34)30(26)35/h5-15,20-21,28,40H,16-19H2,1-4H3,(H,36,42)/t20-,21-,28-/m1/s1. The first-order valence-electron chi connectivity index (χ1n) is 14.3. The van der Waals surface area contributed by atoms with Crippen LogP contribution in [0.5, 0.6) is 0 Å². The Morgan fingerprint density at radius 1 is 1.12 bits per heavy atom. The van der Waals surface area contributed by atoms with Crippen LogP contribution in [0.15, 0.2) is 66.7 Å². The van der Waals surface area contributed by atoms with E-state index in [4.69, 9.17) is 27.9 Å². The van der Waals surface area contributed by atoms with E-state index >= 15 is 0 Å². The Balaban J connectivity index is 1.53. The zero-order valence-electron chi connectivity index (χ0n) is 24.7. The van der Waals surface area contributed by atoms with Crippen molar-refractivity contribution in [3.8, 4) is 11.1 Å². The van der Waals surface area contributed by atoms with Gasteiger partial charge in [-0.2, -0.15) is 0 Å².